The Balaban J connectivity index is 1.75. The van der Waals surface area contributed by atoms with Crippen LogP contribution < -0.4 is 0 Å². The fraction of sp³-hybridized carbons (Fsp3) is 0.857. The van der Waals surface area contributed by atoms with E-state index in [1.165, 1.54) is 69.8 Å². The summed E-state index contributed by atoms with van der Waals surface area (Å²) in [5, 5.41) is 0. The summed E-state index contributed by atoms with van der Waals surface area (Å²) in [5.74, 6) is 3.39. The maximum absolute atomic E-state index is 11.6. The van der Waals surface area contributed by atoms with E-state index >= 15 is 0 Å². The summed E-state index contributed by atoms with van der Waals surface area (Å²) in [6.45, 7) is 6.76. The number of carbonyl (C=O) groups is 1. The lowest BCUT2D eigenvalue weighted by molar-refractivity contribution is -0.137. The summed E-state index contributed by atoms with van der Waals surface area (Å²) in [6.07, 6.45) is 15.7. The van der Waals surface area contributed by atoms with Crippen molar-refractivity contribution in [3.8, 4) is 0 Å². The van der Waals surface area contributed by atoms with Gasteiger partial charge in [-0.1, -0.05) is 38.2 Å². The van der Waals surface area contributed by atoms with Crippen LogP contribution in [-0.2, 0) is 9.53 Å². The fourth-order valence-corrected chi connectivity index (χ4v) is 4.89. The Kier molecular flexibility index (Phi) is 7.65. The highest BCUT2D eigenvalue weighted by molar-refractivity contribution is 5.82. The first-order valence-electron chi connectivity index (χ1n) is 9.98. The molecule has 2 saturated carbocycles. The van der Waals surface area contributed by atoms with Gasteiger partial charge < -0.3 is 4.74 Å². The summed E-state index contributed by atoms with van der Waals surface area (Å²) in [5.41, 5.74) is 1.23. The molecule has 0 radical (unpaired) electrons. The maximum atomic E-state index is 11.6. The normalized spacial score (nSPS) is 32.6. The predicted octanol–water partition coefficient (Wildman–Crippen LogP) is 5.91. The average molecular weight is 321 g/mol. The molecule has 0 amide bonds. The van der Waals surface area contributed by atoms with Gasteiger partial charge in [0.25, 0.3) is 0 Å². The molecule has 0 saturated heterocycles. The average Bonchev–Trinajstić information content (AvgIpc) is 2.56. The summed E-state index contributed by atoms with van der Waals surface area (Å²) in [6, 6.07) is 0. The zero-order chi connectivity index (χ0) is 16.7. The third-order valence-corrected chi connectivity index (χ3v) is 6.30. The van der Waals surface area contributed by atoms with E-state index < -0.39 is 0 Å². The molecule has 132 valence electrons. The first-order chi connectivity index (χ1) is 11.1. The standard InChI is InChI=1S/C21H36O2/c1-4-6-17-7-9-19(10-8-17)20-13-11-18(12-14-20)16(3)15-21(22)23-5-2/h15,17-20H,4-14H2,1-3H3. The Hall–Kier alpha value is -0.790. The molecule has 0 aromatic heterocycles. The van der Waals surface area contributed by atoms with Crippen LogP contribution in [0.15, 0.2) is 11.6 Å². The topological polar surface area (TPSA) is 26.3 Å². The highest BCUT2D eigenvalue weighted by Gasteiger charge is 2.31. The second-order valence-electron chi connectivity index (χ2n) is 7.82. The molecular weight excluding hydrogens is 284 g/mol. The SMILES string of the molecule is CCCC1CCC(C2CCC(C(C)=CC(=O)OCC)CC2)CC1. The smallest absolute Gasteiger partial charge is 0.330 e. The lowest BCUT2D eigenvalue weighted by Gasteiger charge is -2.38. The number of esters is 1. The molecule has 0 aromatic rings. The van der Waals surface area contributed by atoms with Gasteiger partial charge in [-0.15, -0.1) is 0 Å². The van der Waals surface area contributed by atoms with Gasteiger partial charge in [-0.2, -0.15) is 0 Å². The van der Waals surface area contributed by atoms with Gasteiger partial charge in [0.05, 0.1) is 6.61 Å². The van der Waals surface area contributed by atoms with E-state index in [0.717, 1.165) is 17.8 Å². The Morgan fingerprint density at radius 2 is 1.52 bits per heavy atom. The molecule has 0 atom stereocenters. The molecule has 2 aliphatic carbocycles. The van der Waals surface area contributed by atoms with Gasteiger partial charge in [-0.3, -0.25) is 0 Å². The van der Waals surface area contributed by atoms with E-state index in [1.54, 1.807) is 6.08 Å². The second-order valence-corrected chi connectivity index (χ2v) is 7.82. The molecule has 0 bridgehead atoms. The van der Waals surface area contributed by atoms with Crippen molar-refractivity contribution in [2.45, 2.75) is 85.0 Å². The highest BCUT2D eigenvalue weighted by Crippen LogP contribution is 2.43. The fourth-order valence-electron chi connectivity index (χ4n) is 4.89. The molecule has 2 nitrogen and oxygen atoms in total. The molecule has 2 rings (SSSR count). The van der Waals surface area contributed by atoms with Gasteiger partial charge in [-0.05, 0) is 76.0 Å². The lowest BCUT2D eigenvalue weighted by Crippen LogP contribution is -2.26. The first kappa shape index (κ1) is 18.5. The van der Waals surface area contributed by atoms with Gasteiger partial charge in [0.15, 0.2) is 0 Å². The molecule has 0 unspecified atom stereocenters. The monoisotopic (exact) mass is 320 g/mol. The Morgan fingerprint density at radius 1 is 0.957 bits per heavy atom. The van der Waals surface area contributed by atoms with Gasteiger partial charge in [0.2, 0.25) is 0 Å². The van der Waals surface area contributed by atoms with Gasteiger partial charge in [0, 0.05) is 6.08 Å². The molecule has 2 heteroatoms. The lowest BCUT2D eigenvalue weighted by atomic mass is 9.68. The van der Waals surface area contributed by atoms with Crippen LogP contribution in [0.3, 0.4) is 0 Å². The molecule has 23 heavy (non-hydrogen) atoms. The van der Waals surface area contributed by atoms with Crippen molar-refractivity contribution in [2.24, 2.45) is 23.7 Å². The van der Waals surface area contributed by atoms with Crippen molar-refractivity contribution in [3.63, 3.8) is 0 Å². The quantitative estimate of drug-likeness (QED) is 0.449. The van der Waals surface area contributed by atoms with Crippen molar-refractivity contribution in [2.75, 3.05) is 6.61 Å². The van der Waals surface area contributed by atoms with Crippen LogP contribution >= 0.6 is 0 Å². The molecule has 0 aliphatic heterocycles. The van der Waals surface area contributed by atoms with Crippen LogP contribution in [0.2, 0.25) is 0 Å². The van der Waals surface area contributed by atoms with Gasteiger partial charge >= 0.3 is 5.97 Å². The molecular formula is C21H36O2. The van der Waals surface area contributed by atoms with E-state index in [1.807, 2.05) is 6.92 Å². The van der Waals surface area contributed by atoms with Crippen LogP contribution in [0.1, 0.15) is 85.0 Å². The Bertz CT molecular complexity index is 383. The molecule has 0 spiro atoms. The highest BCUT2D eigenvalue weighted by atomic mass is 16.5. The van der Waals surface area contributed by atoms with E-state index in [9.17, 15) is 4.79 Å². The maximum Gasteiger partial charge on any atom is 0.330 e. The van der Waals surface area contributed by atoms with Crippen LogP contribution in [0.4, 0.5) is 0 Å². The van der Waals surface area contributed by atoms with Crippen molar-refractivity contribution in [3.05, 3.63) is 11.6 Å². The van der Waals surface area contributed by atoms with Crippen molar-refractivity contribution >= 4 is 5.97 Å². The molecule has 0 aromatic carbocycles. The summed E-state index contributed by atoms with van der Waals surface area (Å²) in [7, 11) is 0. The van der Waals surface area contributed by atoms with Crippen molar-refractivity contribution in [1.29, 1.82) is 0 Å². The Morgan fingerprint density at radius 3 is 2.04 bits per heavy atom. The van der Waals surface area contributed by atoms with Crippen LogP contribution in [-0.4, -0.2) is 12.6 Å². The molecule has 0 heterocycles. The third-order valence-electron chi connectivity index (χ3n) is 6.30. The number of allylic oxidation sites excluding steroid dienone is 1. The Labute approximate surface area is 143 Å². The summed E-state index contributed by atoms with van der Waals surface area (Å²) in [4.78, 5) is 11.6. The van der Waals surface area contributed by atoms with E-state index in [-0.39, 0.29) is 5.97 Å². The summed E-state index contributed by atoms with van der Waals surface area (Å²) < 4.78 is 5.03. The van der Waals surface area contributed by atoms with E-state index in [0.29, 0.717) is 12.5 Å². The molecule has 2 aliphatic rings. The predicted molar refractivity (Wildman–Crippen MR) is 96.2 cm³/mol. The third kappa shape index (κ3) is 5.65. The molecule has 0 N–H and O–H groups in total. The van der Waals surface area contributed by atoms with Crippen molar-refractivity contribution < 1.29 is 9.53 Å². The zero-order valence-electron chi connectivity index (χ0n) is 15.5. The minimum Gasteiger partial charge on any atom is -0.463 e. The molecule has 2 fully saturated rings. The van der Waals surface area contributed by atoms with Crippen LogP contribution in [0, 0.1) is 23.7 Å². The van der Waals surface area contributed by atoms with Crippen molar-refractivity contribution in [1.82, 2.24) is 0 Å². The number of hydrogen-bond donors (Lipinski definition) is 0. The number of rotatable bonds is 6. The summed E-state index contributed by atoms with van der Waals surface area (Å²) >= 11 is 0. The number of carbonyl (C=O) groups excluding carboxylic acids is 1. The van der Waals surface area contributed by atoms with Gasteiger partial charge in [0.1, 0.15) is 0 Å². The number of ether oxygens (including phenoxy) is 1. The van der Waals surface area contributed by atoms with Crippen LogP contribution in [0.5, 0.6) is 0 Å². The zero-order valence-corrected chi connectivity index (χ0v) is 15.5. The minimum atomic E-state index is -0.165. The van der Waals surface area contributed by atoms with Crippen LogP contribution in [0.25, 0.3) is 0 Å². The number of hydrogen-bond acceptors (Lipinski definition) is 2. The second kappa shape index (κ2) is 9.49. The minimum absolute atomic E-state index is 0.165. The first-order valence-corrected chi connectivity index (χ1v) is 9.98. The largest absolute Gasteiger partial charge is 0.463 e. The van der Waals surface area contributed by atoms with E-state index in [2.05, 4.69) is 13.8 Å². The van der Waals surface area contributed by atoms with Gasteiger partial charge in [-0.25, -0.2) is 4.79 Å². The van der Waals surface area contributed by atoms with E-state index in [4.69, 9.17) is 4.74 Å².